The van der Waals surface area contributed by atoms with Crippen LogP contribution in [0.25, 0.3) is 16.6 Å². The van der Waals surface area contributed by atoms with E-state index >= 15 is 0 Å². The molecule has 1 heterocycles. The van der Waals surface area contributed by atoms with Crippen molar-refractivity contribution < 1.29 is 0 Å². The lowest BCUT2D eigenvalue weighted by molar-refractivity contribution is 1.15. The Morgan fingerprint density at radius 2 is 2.05 bits per heavy atom. The fourth-order valence-corrected chi connectivity index (χ4v) is 2.26. The Kier molecular flexibility index (Phi) is 3.81. The van der Waals surface area contributed by atoms with Crippen molar-refractivity contribution in [1.29, 1.82) is 0 Å². The molecule has 0 radical (unpaired) electrons. The smallest absolute Gasteiger partial charge is 0.106 e. The zero-order valence-electron chi connectivity index (χ0n) is 10.7. The van der Waals surface area contributed by atoms with E-state index in [1.807, 2.05) is 25.1 Å². The molecule has 1 aromatic heterocycles. The van der Waals surface area contributed by atoms with Gasteiger partial charge in [-0.3, -0.25) is 0 Å². The molecule has 0 aliphatic rings. The van der Waals surface area contributed by atoms with Crippen LogP contribution in [0.2, 0.25) is 0 Å². The normalized spacial score (nSPS) is 11.6. The molecule has 0 aliphatic carbocycles. The van der Waals surface area contributed by atoms with E-state index < -0.39 is 0 Å². The van der Waals surface area contributed by atoms with Crippen molar-refractivity contribution in [3.8, 4) is 0 Å². The Hall–Kier alpha value is -1.94. The SMILES string of the molecule is C=C/C=C(\C=C)c1nc2c(Br)c(N)ccc2nc1C. The quantitative estimate of drug-likeness (QED) is 0.687. The van der Waals surface area contributed by atoms with E-state index in [1.54, 1.807) is 12.2 Å². The second kappa shape index (κ2) is 5.36. The molecule has 2 aromatic rings. The summed E-state index contributed by atoms with van der Waals surface area (Å²) in [7, 11) is 0. The summed E-state index contributed by atoms with van der Waals surface area (Å²) in [5.41, 5.74) is 10.6. The third kappa shape index (κ3) is 2.44. The van der Waals surface area contributed by atoms with Crippen LogP contribution in [0.3, 0.4) is 0 Å². The minimum atomic E-state index is 0.643. The van der Waals surface area contributed by atoms with E-state index in [0.29, 0.717) is 5.69 Å². The predicted molar refractivity (Wildman–Crippen MR) is 84.8 cm³/mol. The average Bonchev–Trinajstić information content (AvgIpc) is 2.40. The molecule has 0 saturated carbocycles. The monoisotopic (exact) mass is 315 g/mol. The summed E-state index contributed by atoms with van der Waals surface area (Å²) in [6.07, 6.45) is 5.30. The van der Waals surface area contributed by atoms with Crippen molar-refractivity contribution in [2.75, 3.05) is 5.73 Å². The zero-order chi connectivity index (χ0) is 14.0. The third-order valence-corrected chi connectivity index (χ3v) is 3.60. The van der Waals surface area contributed by atoms with Crippen LogP contribution in [0.4, 0.5) is 5.69 Å². The number of nitrogens with zero attached hydrogens (tertiary/aromatic N) is 2. The lowest BCUT2D eigenvalue weighted by atomic mass is 10.1. The van der Waals surface area contributed by atoms with Gasteiger partial charge in [0.25, 0.3) is 0 Å². The van der Waals surface area contributed by atoms with Gasteiger partial charge in [-0.1, -0.05) is 31.4 Å². The van der Waals surface area contributed by atoms with Crippen molar-refractivity contribution in [1.82, 2.24) is 9.97 Å². The van der Waals surface area contributed by atoms with Crippen molar-refractivity contribution in [3.05, 3.63) is 59.4 Å². The highest BCUT2D eigenvalue weighted by Crippen LogP contribution is 2.29. The maximum absolute atomic E-state index is 5.88. The lowest BCUT2D eigenvalue weighted by Crippen LogP contribution is -1.99. The maximum Gasteiger partial charge on any atom is 0.106 e. The average molecular weight is 316 g/mol. The number of allylic oxidation sites excluding steroid dienone is 4. The number of nitrogen functional groups attached to an aromatic ring is 1. The topological polar surface area (TPSA) is 51.8 Å². The molecular formula is C15H14BrN3. The van der Waals surface area contributed by atoms with Gasteiger partial charge in [0.05, 0.1) is 21.4 Å². The molecule has 0 amide bonds. The fraction of sp³-hybridized carbons (Fsp3) is 0.0667. The highest BCUT2D eigenvalue weighted by Gasteiger charge is 2.11. The summed E-state index contributed by atoms with van der Waals surface area (Å²) < 4.78 is 0.765. The van der Waals surface area contributed by atoms with Crippen LogP contribution < -0.4 is 5.73 Å². The van der Waals surface area contributed by atoms with Gasteiger partial charge in [-0.25, -0.2) is 9.97 Å². The van der Waals surface area contributed by atoms with Crippen LogP contribution in [-0.2, 0) is 0 Å². The molecule has 0 aliphatic heterocycles. The lowest BCUT2D eigenvalue weighted by Gasteiger charge is -2.09. The summed E-state index contributed by atoms with van der Waals surface area (Å²) in [5.74, 6) is 0. The Bertz CT molecular complexity index is 702. The van der Waals surface area contributed by atoms with E-state index in [0.717, 1.165) is 32.5 Å². The number of fused-ring (bicyclic) bond motifs is 1. The fourth-order valence-electron chi connectivity index (χ4n) is 1.84. The van der Waals surface area contributed by atoms with Gasteiger partial charge in [-0.05, 0) is 35.0 Å². The highest BCUT2D eigenvalue weighted by atomic mass is 79.9. The molecule has 2 rings (SSSR count). The maximum atomic E-state index is 5.88. The molecule has 4 heteroatoms. The standard InChI is InChI=1S/C15H14BrN3/c1-4-6-10(5-2)14-9(3)18-12-8-7-11(17)13(16)15(12)19-14/h4-8H,1-2,17H2,3H3/b10-6+. The van der Waals surface area contributed by atoms with Crippen molar-refractivity contribution in [2.24, 2.45) is 0 Å². The molecule has 1 aromatic carbocycles. The first-order valence-corrected chi connectivity index (χ1v) is 6.55. The number of nitrogens with two attached hydrogens (primary N) is 1. The molecule has 0 fully saturated rings. The molecular weight excluding hydrogens is 302 g/mol. The molecule has 0 unspecified atom stereocenters. The number of benzene rings is 1. The number of rotatable bonds is 3. The Balaban J connectivity index is 2.79. The molecule has 0 spiro atoms. The predicted octanol–water partition coefficient (Wildman–Crippen LogP) is 4.04. The molecule has 19 heavy (non-hydrogen) atoms. The minimum absolute atomic E-state index is 0.643. The van der Waals surface area contributed by atoms with E-state index in [9.17, 15) is 0 Å². The van der Waals surface area contributed by atoms with Gasteiger partial charge in [0.1, 0.15) is 5.52 Å². The number of hydrogen-bond donors (Lipinski definition) is 1. The van der Waals surface area contributed by atoms with E-state index in [4.69, 9.17) is 5.73 Å². The van der Waals surface area contributed by atoms with Gasteiger partial charge in [0.15, 0.2) is 0 Å². The first-order chi connectivity index (χ1) is 9.08. The van der Waals surface area contributed by atoms with Gasteiger partial charge in [-0.15, -0.1) is 0 Å². The Morgan fingerprint density at radius 3 is 2.68 bits per heavy atom. The van der Waals surface area contributed by atoms with E-state index in [-0.39, 0.29) is 0 Å². The van der Waals surface area contributed by atoms with Gasteiger partial charge in [-0.2, -0.15) is 0 Å². The molecule has 0 saturated heterocycles. The number of anilines is 1. The molecule has 96 valence electrons. The third-order valence-electron chi connectivity index (χ3n) is 2.77. The van der Waals surface area contributed by atoms with Crippen LogP contribution in [0.1, 0.15) is 11.4 Å². The Morgan fingerprint density at radius 1 is 1.32 bits per heavy atom. The number of hydrogen-bond acceptors (Lipinski definition) is 3. The van der Waals surface area contributed by atoms with E-state index in [2.05, 4.69) is 39.1 Å². The Labute approximate surface area is 120 Å². The highest BCUT2D eigenvalue weighted by molar-refractivity contribution is 9.10. The molecule has 0 atom stereocenters. The van der Waals surface area contributed by atoms with Gasteiger partial charge in [0.2, 0.25) is 0 Å². The minimum Gasteiger partial charge on any atom is -0.398 e. The summed E-state index contributed by atoms with van der Waals surface area (Å²) >= 11 is 3.46. The van der Waals surface area contributed by atoms with Crippen LogP contribution in [0.5, 0.6) is 0 Å². The summed E-state index contributed by atoms with van der Waals surface area (Å²) in [5, 5.41) is 0. The second-order valence-electron chi connectivity index (χ2n) is 4.06. The number of aromatic nitrogens is 2. The zero-order valence-corrected chi connectivity index (χ0v) is 12.2. The number of aryl methyl sites for hydroxylation is 1. The molecule has 0 bridgehead atoms. The van der Waals surface area contributed by atoms with Crippen molar-refractivity contribution in [2.45, 2.75) is 6.92 Å². The van der Waals surface area contributed by atoms with Gasteiger partial charge >= 0.3 is 0 Å². The number of halogens is 1. The van der Waals surface area contributed by atoms with Crippen LogP contribution >= 0.6 is 15.9 Å². The molecule has 3 nitrogen and oxygen atoms in total. The van der Waals surface area contributed by atoms with Crippen LogP contribution in [0, 0.1) is 6.92 Å². The van der Waals surface area contributed by atoms with Crippen molar-refractivity contribution >= 4 is 38.2 Å². The van der Waals surface area contributed by atoms with Gasteiger partial charge in [0, 0.05) is 11.3 Å². The van der Waals surface area contributed by atoms with Crippen LogP contribution in [-0.4, -0.2) is 9.97 Å². The second-order valence-corrected chi connectivity index (χ2v) is 4.85. The van der Waals surface area contributed by atoms with Gasteiger partial charge < -0.3 is 5.73 Å². The summed E-state index contributed by atoms with van der Waals surface area (Å²) in [6.45, 7) is 9.42. The van der Waals surface area contributed by atoms with Crippen molar-refractivity contribution in [3.63, 3.8) is 0 Å². The molecule has 2 N–H and O–H groups in total. The van der Waals surface area contributed by atoms with Crippen LogP contribution in [0.15, 0.2) is 48.0 Å². The summed E-state index contributed by atoms with van der Waals surface area (Å²) in [6, 6.07) is 3.68. The largest absolute Gasteiger partial charge is 0.398 e. The summed E-state index contributed by atoms with van der Waals surface area (Å²) in [4.78, 5) is 9.21. The first-order valence-electron chi connectivity index (χ1n) is 5.76. The van der Waals surface area contributed by atoms with E-state index in [1.165, 1.54) is 0 Å². The first kappa shape index (κ1) is 13.5.